The van der Waals surface area contributed by atoms with Crippen LogP contribution in [0.4, 0.5) is 0 Å². The van der Waals surface area contributed by atoms with Crippen LogP contribution in [-0.4, -0.2) is 28.0 Å². The molecule has 1 aliphatic heterocycles. The Balaban J connectivity index is 1.61. The van der Waals surface area contributed by atoms with Crippen LogP contribution in [0.1, 0.15) is 34.0 Å². The predicted octanol–water partition coefficient (Wildman–Crippen LogP) is 5.29. The number of hydrogen-bond donors (Lipinski definition) is 0. The van der Waals surface area contributed by atoms with E-state index < -0.39 is 5.25 Å². The SMILES string of the molecule is O=C(c1ccccc1)C(Sc1nc2ccccc2c(=O)n1CC1CCCO1)c1ccccc1. The first-order valence-corrected chi connectivity index (χ1v) is 12.0. The average Bonchev–Trinajstić information content (AvgIpc) is 3.39. The smallest absolute Gasteiger partial charge is 0.262 e. The lowest BCUT2D eigenvalue weighted by atomic mass is 10.0. The number of carbonyl (C=O) groups is 1. The fourth-order valence-corrected chi connectivity index (χ4v) is 5.33. The van der Waals surface area contributed by atoms with Crippen molar-refractivity contribution in [3.63, 3.8) is 0 Å². The number of nitrogens with zero attached hydrogens (tertiary/aromatic N) is 2. The van der Waals surface area contributed by atoms with Gasteiger partial charge in [-0.25, -0.2) is 4.98 Å². The number of carbonyl (C=O) groups excluding carboxylic acids is 1. The molecule has 2 unspecified atom stereocenters. The molecule has 2 atom stereocenters. The van der Waals surface area contributed by atoms with Crippen LogP contribution in [-0.2, 0) is 11.3 Å². The van der Waals surface area contributed by atoms with Gasteiger partial charge in [0.25, 0.3) is 5.56 Å². The summed E-state index contributed by atoms with van der Waals surface area (Å²) in [4.78, 5) is 31.9. The van der Waals surface area contributed by atoms with Gasteiger partial charge >= 0.3 is 0 Å². The fraction of sp³-hybridized carbons (Fsp3) is 0.222. The van der Waals surface area contributed by atoms with Crippen LogP contribution in [0.15, 0.2) is 94.9 Å². The van der Waals surface area contributed by atoms with E-state index in [4.69, 9.17) is 9.72 Å². The van der Waals surface area contributed by atoms with E-state index in [1.807, 2.05) is 78.9 Å². The Bertz CT molecular complexity index is 1320. The van der Waals surface area contributed by atoms with E-state index in [-0.39, 0.29) is 17.4 Å². The lowest BCUT2D eigenvalue weighted by Crippen LogP contribution is -2.29. The number of Topliss-reactive ketones (excluding diaryl/α,β-unsaturated/α-hetero) is 1. The number of ether oxygens (including phenoxy) is 1. The molecule has 5 rings (SSSR count). The number of aromatic nitrogens is 2. The summed E-state index contributed by atoms with van der Waals surface area (Å²) in [5, 5.41) is 0.579. The van der Waals surface area contributed by atoms with Crippen LogP contribution in [0.25, 0.3) is 10.9 Å². The molecule has 1 aromatic heterocycles. The van der Waals surface area contributed by atoms with Gasteiger partial charge in [-0.15, -0.1) is 0 Å². The Morgan fingerprint density at radius 1 is 1.00 bits per heavy atom. The molecule has 166 valence electrons. The minimum atomic E-state index is -0.530. The Kier molecular flexibility index (Phi) is 6.37. The van der Waals surface area contributed by atoms with Crippen molar-refractivity contribution in [2.24, 2.45) is 0 Å². The molecule has 1 aliphatic rings. The van der Waals surface area contributed by atoms with Gasteiger partial charge in [-0.2, -0.15) is 0 Å². The zero-order valence-electron chi connectivity index (χ0n) is 18.1. The molecule has 0 spiro atoms. The molecule has 0 radical (unpaired) electrons. The molecule has 5 nitrogen and oxygen atoms in total. The first-order valence-electron chi connectivity index (χ1n) is 11.1. The third-order valence-electron chi connectivity index (χ3n) is 5.86. The maximum absolute atomic E-state index is 13.6. The van der Waals surface area contributed by atoms with Gasteiger partial charge in [-0.05, 0) is 30.5 Å². The van der Waals surface area contributed by atoms with Crippen LogP contribution in [0.2, 0.25) is 0 Å². The van der Waals surface area contributed by atoms with Crippen molar-refractivity contribution < 1.29 is 9.53 Å². The van der Waals surface area contributed by atoms with E-state index in [2.05, 4.69) is 0 Å². The molecule has 1 saturated heterocycles. The molecule has 3 aromatic carbocycles. The molecule has 0 bridgehead atoms. The molecular formula is C27H24N2O3S. The Labute approximate surface area is 196 Å². The van der Waals surface area contributed by atoms with E-state index in [0.29, 0.717) is 34.8 Å². The number of fused-ring (bicyclic) bond motifs is 1. The van der Waals surface area contributed by atoms with Crippen molar-refractivity contribution in [3.8, 4) is 0 Å². The molecular weight excluding hydrogens is 432 g/mol. The summed E-state index contributed by atoms with van der Waals surface area (Å²) in [6.07, 6.45) is 1.88. The quantitative estimate of drug-likeness (QED) is 0.215. The molecule has 0 amide bonds. The zero-order chi connectivity index (χ0) is 22.6. The minimum Gasteiger partial charge on any atom is -0.376 e. The molecule has 4 aromatic rings. The lowest BCUT2D eigenvalue weighted by Gasteiger charge is -2.20. The van der Waals surface area contributed by atoms with E-state index >= 15 is 0 Å². The standard InChI is InChI=1S/C27H24N2O3S/c30-24(19-10-3-1-4-11-19)25(20-12-5-2-6-13-20)33-27-28-23-16-8-7-15-22(23)26(31)29(27)18-21-14-9-17-32-21/h1-8,10-13,15-16,21,25H,9,14,17-18H2. The van der Waals surface area contributed by atoms with Crippen LogP contribution < -0.4 is 5.56 Å². The highest BCUT2D eigenvalue weighted by Gasteiger charge is 2.27. The van der Waals surface area contributed by atoms with Crippen molar-refractivity contribution in [1.29, 1.82) is 0 Å². The van der Waals surface area contributed by atoms with E-state index in [0.717, 1.165) is 18.4 Å². The maximum atomic E-state index is 13.6. The molecule has 33 heavy (non-hydrogen) atoms. The highest BCUT2D eigenvalue weighted by Crippen LogP contribution is 2.37. The highest BCUT2D eigenvalue weighted by atomic mass is 32.2. The first kappa shape index (κ1) is 21.6. The normalized spacial score (nSPS) is 16.7. The molecule has 2 heterocycles. The molecule has 6 heteroatoms. The summed E-state index contributed by atoms with van der Waals surface area (Å²) in [5.74, 6) is -0.0159. The largest absolute Gasteiger partial charge is 0.376 e. The summed E-state index contributed by atoms with van der Waals surface area (Å²) >= 11 is 1.33. The highest BCUT2D eigenvalue weighted by molar-refractivity contribution is 8.00. The monoisotopic (exact) mass is 456 g/mol. The summed E-state index contributed by atoms with van der Waals surface area (Å²) in [7, 11) is 0. The van der Waals surface area contributed by atoms with Gasteiger partial charge in [-0.1, -0.05) is 84.6 Å². The summed E-state index contributed by atoms with van der Waals surface area (Å²) in [6, 6.07) is 26.3. The van der Waals surface area contributed by atoms with E-state index in [1.165, 1.54) is 11.8 Å². The van der Waals surface area contributed by atoms with Crippen LogP contribution in [0.5, 0.6) is 0 Å². The molecule has 1 fully saturated rings. The number of rotatable bonds is 7. The van der Waals surface area contributed by atoms with Crippen molar-refractivity contribution in [1.82, 2.24) is 9.55 Å². The third-order valence-corrected chi connectivity index (χ3v) is 7.10. The summed E-state index contributed by atoms with van der Waals surface area (Å²) in [6.45, 7) is 1.14. The average molecular weight is 457 g/mol. The number of para-hydroxylation sites is 1. The predicted molar refractivity (Wildman–Crippen MR) is 131 cm³/mol. The van der Waals surface area contributed by atoms with Gasteiger partial charge in [0.15, 0.2) is 10.9 Å². The van der Waals surface area contributed by atoms with Crippen molar-refractivity contribution in [3.05, 3.63) is 106 Å². The zero-order valence-corrected chi connectivity index (χ0v) is 18.9. The Morgan fingerprint density at radius 3 is 2.42 bits per heavy atom. The van der Waals surface area contributed by atoms with Crippen molar-refractivity contribution >= 4 is 28.4 Å². The second-order valence-electron chi connectivity index (χ2n) is 8.10. The van der Waals surface area contributed by atoms with Crippen LogP contribution in [0.3, 0.4) is 0 Å². The van der Waals surface area contributed by atoms with Gasteiger partial charge in [0.1, 0.15) is 5.25 Å². The second kappa shape index (κ2) is 9.73. The Morgan fingerprint density at radius 2 is 1.70 bits per heavy atom. The number of hydrogen-bond acceptors (Lipinski definition) is 5. The topological polar surface area (TPSA) is 61.2 Å². The number of ketones is 1. The van der Waals surface area contributed by atoms with E-state index in [1.54, 1.807) is 10.6 Å². The summed E-state index contributed by atoms with van der Waals surface area (Å²) in [5.41, 5.74) is 2.04. The Hall–Kier alpha value is -3.22. The van der Waals surface area contributed by atoms with Gasteiger partial charge in [0.05, 0.1) is 23.6 Å². The number of thioether (sulfide) groups is 1. The fourth-order valence-electron chi connectivity index (χ4n) is 4.15. The first-order chi connectivity index (χ1) is 16.2. The van der Waals surface area contributed by atoms with Gasteiger partial charge in [-0.3, -0.25) is 14.2 Å². The molecule has 0 N–H and O–H groups in total. The molecule has 0 aliphatic carbocycles. The molecule has 0 saturated carbocycles. The van der Waals surface area contributed by atoms with Crippen LogP contribution in [0, 0.1) is 0 Å². The second-order valence-corrected chi connectivity index (χ2v) is 9.17. The van der Waals surface area contributed by atoms with Gasteiger partial charge < -0.3 is 4.74 Å². The van der Waals surface area contributed by atoms with Crippen LogP contribution >= 0.6 is 11.8 Å². The third kappa shape index (κ3) is 4.63. The summed E-state index contributed by atoms with van der Waals surface area (Å²) < 4.78 is 7.51. The van der Waals surface area contributed by atoms with Gasteiger partial charge in [0, 0.05) is 12.2 Å². The maximum Gasteiger partial charge on any atom is 0.262 e. The minimum absolute atomic E-state index is 0.0159. The van der Waals surface area contributed by atoms with Crippen molar-refractivity contribution in [2.45, 2.75) is 35.9 Å². The number of benzene rings is 3. The van der Waals surface area contributed by atoms with E-state index in [9.17, 15) is 9.59 Å². The van der Waals surface area contributed by atoms with Crippen molar-refractivity contribution in [2.75, 3.05) is 6.61 Å². The van der Waals surface area contributed by atoms with Gasteiger partial charge in [0.2, 0.25) is 0 Å². The lowest BCUT2D eigenvalue weighted by molar-refractivity contribution is 0.0937.